The SMILES string of the molecule is CCN1CCN(Cc2ccc(NC(=O)Nc3ccc(Oc4cc(Nc5ccc(N6CCN(CCCCCC(=O)N[C@H](C(=O)N7C[C@H](O)C[C@H]7C(=O)N[C@@H](C)c7ccc(-c8scnc8C)cc7)C(C)(C)C)CC6)nc5)ncn4)cc3)cc2C(F)(F)F)CC1. The molecule has 20 nitrogen and oxygen atoms in total. The monoisotopic (exact) mass is 1220 g/mol. The van der Waals surface area contributed by atoms with Gasteiger partial charge in [-0.05, 0) is 110 Å². The molecule has 5 amide bonds. The van der Waals surface area contributed by atoms with E-state index in [1.165, 1.54) is 23.4 Å². The van der Waals surface area contributed by atoms with Crippen molar-refractivity contribution in [1.29, 1.82) is 0 Å². The fraction of sp³-hybridized carbons (Fsp3) is 0.460. The lowest BCUT2D eigenvalue weighted by Gasteiger charge is -2.35. The molecule has 0 radical (unpaired) electrons. The number of nitrogens with zero attached hydrogens (tertiary/aromatic N) is 9. The molecule has 87 heavy (non-hydrogen) atoms. The summed E-state index contributed by atoms with van der Waals surface area (Å²) in [7, 11) is 0. The number of aromatic nitrogens is 4. The number of aliphatic hydroxyl groups excluding tert-OH is 1. The van der Waals surface area contributed by atoms with Gasteiger partial charge in [0.05, 0.1) is 45.7 Å². The lowest BCUT2D eigenvalue weighted by molar-refractivity contribution is -0.144. The van der Waals surface area contributed by atoms with Crippen molar-refractivity contribution in [2.75, 3.05) is 92.8 Å². The van der Waals surface area contributed by atoms with Crippen LogP contribution in [0.1, 0.15) is 95.1 Å². The number of rotatable bonds is 22. The molecule has 0 aliphatic carbocycles. The molecule has 3 aromatic heterocycles. The molecule has 4 atom stereocenters. The van der Waals surface area contributed by atoms with Crippen molar-refractivity contribution in [3.05, 3.63) is 125 Å². The molecular formula is C63H79F3N14O6S. The number of alkyl halides is 3. The third-order valence-corrected chi connectivity index (χ3v) is 17.1. The first-order chi connectivity index (χ1) is 41.6. The van der Waals surface area contributed by atoms with E-state index >= 15 is 0 Å². The second kappa shape index (κ2) is 28.8. The number of pyridine rings is 1. The number of hydrogen-bond donors (Lipinski definition) is 6. The summed E-state index contributed by atoms with van der Waals surface area (Å²) in [5, 5.41) is 25.2. The Morgan fingerprint density at radius 3 is 2.13 bits per heavy atom. The number of thiazole rings is 1. The van der Waals surface area contributed by atoms with Crippen LogP contribution in [0, 0.1) is 12.3 Å². The number of aliphatic hydroxyl groups is 1. The van der Waals surface area contributed by atoms with Crippen LogP contribution in [0.3, 0.4) is 0 Å². The summed E-state index contributed by atoms with van der Waals surface area (Å²) in [4.78, 5) is 83.3. The quantitative estimate of drug-likeness (QED) is 0.0348. The number of amides is 5. The van der Waals surface area contributed by atoms with Crippen molar-refractivity contribution in [1.82, 2.24) is 50.2 Å². The molecule has 6 aromatic rings. The van der Waals surface area contributed by atoms with Crippen LogP contribution >= 0.6 is 11.3 Å². The lowest BCUT2D eigenvalue weighted by atomic mass is 9.85. The number of benzene rings is 3. The highest BCUT2D eigenvalue weighted by Gasteiger charge is 2.45. The summed E-state index contributed by atoms with van der Waals surface area (Å²) in [5.41, 5.74) is 4.60. The fourth-order valence-corrected chi connectivity index (χ4v) is 11.9. The molecule has 9 rings (SSSR count). The Labute approximate surface area is 510 Å². The van der Waals surface area contributed by atoms with E-state index in [1.54, 1.807) is 47.9 Å². The van der Waals surface area contributed by atoms with Gasteiger partial charge in [-0.15, -0.1) is 11.3 Å². The number of urea groups is 1. The number of likely N-dealkylation sites (tertiary alicyclic amines) is 1. The Bertz CT molecular complexity index is 3280. The first-order valence-electron chi connectivity index (χ1n) is 29.8. The third kappa shape index (κ3) is 17.5. The van der Waals surface area contributed by atoms with Crippen molar-refractivity contribution >= 4 is 63.8 Å². The topological polar surface area (TPSA) is 226 Å². The van der Waals surface area contributed by atoms with Crippen LogP contribution in [0.25, 0.3) is 10.4 Å². The average molecular weight is 1220 g/mol. The molecular weight excluding hydrogens is 1140 g/mol. The first kappa shape index (κ1) is 63.7. The number of nitrogens with one attached hydrogen (secondary N) is 5. The second-order valence-electron chi connectivity index (χ2n) is 23.6. The van der Waals surface area contributed by atoms with Crippen LogP contribution in [-0.4, -0.2) is 159 Å². The molecule has 6 heterocycles. The molecule has 0 unspecified atom stereocenters. The van der Waals surface area contributed by atoms with Crippen LogP contribution in [0.4, 0.5) is 46.7 Å². The highest BCUT2D eigenvalue weighted by molar-refractivity contribution is 7.13. The van der Waals surface area contributed by atoms with Gasteiger partial charge in [-0.25, -0.2) is 24.7 Å². The summed E-state index contributed by atoms with van der Waals surface area (Å²) < 4.78 is 48.4. The zero-order valence-electron chi connectivity index (χ0n) is 50.2. The Kier molecular flexibility index (Phi) is 21.1. The molecule has 3 aromatic carbocycles. The smallest absolute Gasteiger partial charge is 0.416 e. The van der Waals surface area contributed by atoms with E-state index in [-0.39, 0.29) is 66.8 Å². The average Bonchev–Trinajstić information content (AvgIpc) is 2.08. The van der Waals surface area contributed by atoms with Gasteiger partial charge in [0.25, 0.3) is 0 Å². The number of halogens is 3. The van der Waals surface area contributed by atoms with Crippen LogP contribution < -0.4 is 36.2 Å². The standard InChI is InChI=1S/C63H79F3N14O6S/c1-7-76-25-27-78(28-26-76)37-45-16-17-47(33-51(45)63(64,65)66)74-61(85)73-46-18-21-50(22-19-46)86-56-35-53(68-39-69-56)72-48-20-23-54(67-36-48)79-31-29-77(30-32-79)24-10-8-9-11-55(82)75-58(62(4,5)6)60(84)80-38-49(81)34-52(80)59(83)71-41(2)43-12-14-44(15-13-43)57-42(3)70-40-87-57/h12-23,33,35-36,39-41,49,52,58,81H,7-11,24-32,34,37-38H2,1-6H3,(H,71,83)(H,75,82)(H,68,69,72)(H2,73,74,85)/t41-,49+,52-,58+/m0/s1. The maximum absolute atomic E-state index is 14.2. The zero-order valence-corrected chi connectivity index (χ0v) is 51.0. The van der Waals surface area contributed by atoms with Crippen molar-refractivity contribution in [3.63, 3.8) is 0 Å². The largest absolute Gasteiger partial charge is 0.439 e. The van der Waals surface area contributed by atoms with Crippen LogP contribution in [0.5, 0.6) is 11.6 Å². The Morgan fingerprint density at radius 1 is 0.770 bits per heavy atom. The molecule has 0 saturated carbocycles. The predicted octanol–water partition coefficient (Wildman–Crippen LogP) is 9.69. The maximum Gasteiger partial charge on any atom is 0.416 e. The van der Waals surface area contributed by atoms with Gasteiger partial charge in [0.15, 0.2) is 0 Å². The van der Waals surface area contributed by atoms with E-state index in [4.69, 9.17) is 9.72 Å². The normalized spacial score (nSPS) is 17.8. The molecule has 0 spiro atoms. The van der Waals surface area contributed by atoms with Crippen LogP contribution in [0.15, 0.2) is 103 Å². The van der Waals surface area contributed by atoms with Crippen molar-refractivity contribution in [2.24, 2.45) is 5.41 Å². The molecule has 464 valence electrons. The summed E-state index contributed by atoms with van der Waals surface area (Å²) in [6.07, 6.45) is 0.447. The zero-order chi connectivity index (χ0) is 61.8. The molecule has 3 fully saturated rings. The van der Waals surface area contributed by atoms with E-state index in [2.05, 4.69) is 63.2 Å². The molecule has 3 aliphatic heterocycles. The Balaban J connectivity index is 0.664. The number of likely N-dealkylation sites (N-methyl/N-ethyl adjacent to an activating group) is 1. The van der Waals surface area contributed by atoms with Gasteiger partial charge in [-0.1, -0.05) is 64.4 Å². The predicted molar refractivity (Wildman–Crippen MR) is 331 cm³/mol. The van der Waals surface area contributed by atoms with Gasteiger partial charge in [0.2, 0.25) is 23.6 Å². The molecule has 3 aliphatic rings. The Morgan fingerprint density at radius 2 is 1.46 bits per heavy atom. The summed E-state index contributed by atoms with van der Waals surface area (Å²) in [6, 6.07) is 21.0. The van der Waals surface area contributed by atoms with E-state index in [1.807, 2.05) is 81.4 Å². The van der Waals surface area contributed by atoms with Crippen molar-refractivity contribution in [2.45, 2.75) is 111 Å². The van der Waals surface area contributed by atoms with Gasteiger partial charge in [-0.3, -0.25) is 24.2 Å². The van der Waals surface area contributed by atoms with Crippen molar-refractivity contribution in [3.8, 4) is 22.1 Å². The number of hydrogen-bond acceptors (Lipinski definition) is 16. The molecule has 6 N–H and O–H groups in total. The van der Waals surface area contributed by atoms with E-state index in [0.717, 1.165) is 98.8 Å². The maximum atomic E-state index is 14.2. The van der Waals surface area contributed by atoms with Crippen molar-refractivity contribution < 1.29 is 42.2 Å². The van der Waals surface area contributed by atoms with Gasteiger partial charge in [0, 0.05) is 95.7 Å². The lowest BCUT2D eigenvalue weighted by Crippen LogP contribution is -2.57. The Hall–Kier alpha value is -7.77. The van der Waals surface area contributed by atoms with E-state index in [9.17, 15) is 37.5 Å². The molecule has 3 saturated heterocycles. The van der Waals surface area contributed by atoms with Crippen LogP contribution in [0.2, 0.25) is 0 Å². The number of piperazine rings is 2. The minimum absolute atomic E-state index is 0.00589. The highest BCUT2D eigenvalue weighted by Crippen LogP contribution is 2.36. The van der Waals surface area contributed by atoms with E-state index < -0.39 is 41.4 Å². The number of anilines is 5. The number of carbonyl (C=O) groups excluding carboxylic acids is 4. The summed E-state index contributed by atoms with van der Waals surface area (Å²) >= 11 is 1.58. The first-order valence-corrected chi connectivity index (χ1v) is 30.7. The number of ether oxygens (including phenoxy) is 1. The molecule has 0 bridgehead atoms. The van der Waals surface area contributed by atoms with Gasteiger partial charge < -0.3 is 51.1 Å². The highest BCUT2D eigenvalue weighted by atomic mass is 32.1. The molecule has 24 heteroatoms. The fourth-order valence-electron chi connectivity index (χ4n) is 11.1. The van der Waals surface area contributed by atoms with Crippen LogP contribution in [-0.2, 0) is 27.1 Å². The van der Waals surface area contributed by atoms with E-state index in [0.29, 0.717) is 42.5 Å². The number of aryl methyl sites for hydroxylation is 1. The summed E-state index contributed by atoms with van der Waals surface area (Å²) in [5.74, 6) is 1.05. The van der Waals surface area contributed by atoms with Gasteiger partial charge in [-0.2, -0.15) is 13.2 Å². The number of carbonyl (C=O) groups is 4. The van der Waals surface area contributed by atoms with Gasteiger partial charge in [0.1, 0.15) is 35.8 Å². The number of β-amino-alcohol motifs (C(OH)–C–C–N with tert-alkyl or cyclic N) is 1. The second-order valence-corrected chi connectivity index (χ2v) is 24.4. The third-order valence-electron chi connectivity index (χ3n) is 16.1. The minimum atomic E-state index is -4.59. The van der Waals surface area contributed by atoms with Gasteiger partial charge >= 0.3 is 12.2 Å². The summed E-state index contributed by atoms with van der Waals surface area (Å²) in [6.45, 7) is 19.9. The number of unbranched alkanes of at least 4 members (excludes halogenated alkanes) is 2. The minimum Gasteiger partial charge on any atom is -0.439 e.